The summed E-state index contributed by atoms with van der Waals surface area (Å²) in [7, 11) is 0. The Bertz CT molecular complexity index is 478. The minimum absolute atomic E-state index is 0. The maximum atomic E-state index is 4.74. The molecular weight excluding hydrogens is 301 g/mol. The summed E-state index contributed by atoms with van der Waals surface area (Å²) < 4.78 is 1.30. The minimum atomic E-state index is 0. The number of hydrogen-bond donors (Lipinski definition) is 1. The van der Waals surface area contributed by atoms with E-state index in [9.17, 15) is 0 Å². The van der Waals surface area contributed by atoms with E-state index in [4.69, 9.17) is 4.98 Å². The summed E-state index contributed by atoms with van der Waals surface area (Å²) >= 11 is 1.83. The maximum Gasteiger partial charge on any atom is 0.111 e. The van der Waals surface area contributed by atoms with Gasteiger partial charge in [0.2, 0.25) is 0 Å². The third kappa shape index (κ3) is 3.58. The van der Waals surface area contributed by atoms with Gasteiger partial charge in [-0.3, -0.25) is 4.90 Å². The Balaban J connectivity index is 0.000000902. The Kier molecular flexibility index (Phi) is 6.50. The second kappa shape index (κ2) is 7.41. The number of hydrogen-bond acceptors (Lipinski definition) is 4. The summed E-state index contributed by atoms with van der Waals surface area (Å²) in [4.78, 5) is 7.25. The summed E-state index contributed by atoms with van der Waals surface area (Å²) in [5.41, 5.74) is 1.13. The predicted octanol–water partition coefficient (Wildman–Crippen LogP) is 3.11. The first-order chi connectivity index (χ1) is 8.34. The van der Waals surface area contributed by atoms with Crippen molar-refractivity contribution in [3.05, 3.63) is 29.3 Å². The molecule has 1 saturated heterocycles. The molecule has 0 aliphatic carbocycles. The van der Waals surface area contributed by atoms with Gasteiger partial charge in [0.25, 0.3) is 0 Å². The van der Waals surface area contributed by atoms with Gasteiger partial charge >= 0.3 is 0 Å². The first kappa shape index (κ1) is 16.7. The molecule has 19 heavy (non-hydrogen) atoms. The Morgan fingerprint density at radius 3 is 2.58 bits per heavy atom. The molecule has 3 rings (SSSR count). The number of nitrogens with one attached hydrogen (secondary N) is 1. The first-order valence-corrected chi connectivity index (χ1v) is 6.96. The summed E-state index contributed by atoms with van der Waals surface area (Å²) in [6.45, 7) is 6.70. The van der Waals surface area contributed by atoms with Crippen molar-refractivity contribution in [2.75, 3.05) is 26.2 Å². The molecule has 1 fully saturated rings. The van der Waals surface area contributed by atoms with Crippen molar-refractivity contribution in [2.24, 2.45) is 0 Å². The van der Waals surface area contributed by atoms with E-state index < -0.39 is 0 Å². The molecule has 1 aliphatic heterocycles. The highest BCUT2D eigenvalue weighted by Gasteiger charge is 2.20. The number of aromatic nitrogens is 1. The van der Waals surface area contributed by atoms with Crippen LogP contribution in [0.15, 0.2) is 24.3 Å². The molecule has 2 heterocycles. The lowest BCUT2D eigenvalue weighted by molar-refractivity contribution is 0.185. The van der Waals surface area contributed by atoms with E-state index in [1.807, 2.05) is 11.3 Å². The number of fused-ring (bicyclic) bond motifs is 1. The highest BCUT2D eigenvalue weighted by Crippen LogP contribution is 2.29. The largest absolute Gasteiger partial charge is 0.314 e. The highest BCUT2D eigenvalue weighted by molar-refractivity contribution is 7.18. The summed E-state index contributed by atoms with van der Waals surface area (Å²) in [5, 5.41) is 4.63. The van der Waals surface area contributed by atoms with E-state index in [0.717, 1.165) is 31.7 Å². The van der Waals surface area contributed by atoms with E-state index in [1.54, 1.807) is 0 Å². The van der Waals surface area contributed by atoms with Crippen molar-refractivity contribution in [3.8, 4) is 0 Å². The summed E-state index contributed by atoms with van der Waals surface area (Å²) in [6, 6.07) is 8.83. The number of nitrogens with zero attached hydrogens (tertiary/aromatic N) is 2. The molecule has 106 valence electrons. The zero-order chi connectivity index (χ0) is 11.7. The zero-order valence-electron chi connectivity index (χ0n) is 10.8. The van der Waals surface area contributed by atoms with Gasteiger partial charge in [0.15, 0.2) is 0 Å². The van der Waals surface area contributed by atoms with Gasteiger partial charge in [-0.25, -0.2) is 4.98 Å². The van der Waals surface area contributed by atoms with Gasteiger partial charge in [-0.15, -0.1) is 36.2 Å². The lowest BCUT2D eigenvalue weighted by Crippen LogP contribution is -2.44. The van der Waals surface area contributed by atoms with Crippen LogP contribution in [-0.4, -0.2) is 36.1 Å². The van der Waals surface area contributed by atoms with E-state index in [1.165, 1.54) is 9.71 Å². The molecule has 1 aromatic heterocycles. The molecule has 0 amide bonds. The fraction of sp³-hybridized carbons (Fsp3) is 0.462. The molecule has 1 N–H and O–H groups in total. The third-order valence-electron chi connectivity index (χ3n) is 3.37. The molecule has 0 bridgehead atoms. The van der Waals surface area contributed by atoms with Crippen LogP contribution in [0.25, 0.3) is 10.2 Å². The number of halogens is 2. The van der Waals surface area contributed by atoms with Crippen molar-refractivity contribution in [1.29, 1.82) is 0 Å². The average Bonchev–Trinajstić information content (AvgIpc) is 2.82. The monoisotopic (exact) mass is 319 g/mol. The molecule has 0 spiro atoms. The predicted molar refractivity (Wildman–Crippen MR) is 87.0 cm³/mol. The van der Waals surface area contributed by atoms with Crippen molar-refractivity contribution >= 4 is 46.4 Å². The second-order valence-corrected chi connectivity index (χ2v) is 5.54. The Morgan fingerprint density at radius 1 is 1.21 bits per heavy atom. The molecule has 1 unspecified atom stereocenters. The second-order valence-electron chi connectivity index (χ2n) is 4.48. The normalized spacial score (nSPS) is 17.5. The van der Waals surface area contributed by atoms with Crippen LogP contribution < -0.4 is 5.32 Å². The third-order valence-corrected chi connectivity index (χ3v) is 4.57. The number of para-hydroxylation sites is 1. The number of benzene rings is 1. The standard InChI is InChI=1S/C13H17N3S.2ClH/c1-10(16-8-6-14-7-9-16)13-15-11-4-2-3-5-12(11)17-13;;/h2-5,10,14H,6-9H2,1H3;2*1H. The van der Waals surface area contributed by atoms with Crippen LogP contribution in [0.2, 0.25) is 0 Å². The lowest BCUT2D eigenvalue weighted by atomic mass is 10.2. The van der Waals surface area contributed by atoms with Crippen LogP contribution >= 0.6 is 36.2 Å². The van der Waals surface area contributed by atoms with Gasteiger partial charge in [-0.2, -0.15) is 0 Å². The molecule has 3 nitrogen and oxygen atoms in total. The molecule has 0 radical (unpaired) electrons. The van der Waals surface area contributed by atoms with Crippen molar-refractivity contribution in [1.82, 2.24) is 15.2 Å². The fourth-order valence-electron chi connectivity index (χ4n) is 2.29. The molecule has 1 atom stereocenters. The van der Waals surface area contributed by atoms with Crippen LogP contribution in [0.1, 0.15) is 18.0 Å². The first-order valence-electron chi connectivity index (χ1n) is 6.15. The van der Waals surface area contributed by atoms with Crippen LogP contribution in [0.4, 0.5) is 0 Å². The SMILES string of the molecule is CC(c1nc2ccccc2s1)N1CCNCC1.Cl.Cl. The molecule has 1 aromatic carbocycles. The van der Waals surface area contributed by atoms with Gasteiger partial charge in [0.05, 0.1) is 16.3 Å². The van der Waals surface area contributed by atoms with E-state index >= 15 is 0 Å². The Hall–Kier alpha value is -0.390. The number of rotatable bonds is 2. The quantitative estimate of drug-likeness (QED) is 0.921. The average molecular weight is 320 g/mol. The zero-order valence-corrected chi connectivity index (χ0v) is 13.3. The number of piperazine rings is 1. The maximum absolute atomic E-state index is 4.74. The van der Waals surface area contributed by atoms with Gasteiger partial charge in [0.1, 0.15) is 5.01 Å². The van der Waals surface area contributed by atoms with Crippen LogP contribution in [0.5, 0.6) is 0 Å². The van der Waals surface area contributed by atoms with Crippen LogP contribution in [0.3, 0.4) is 0 Å². The minimum Gasteiger partial charge on any atom is -0.314 e. The lowest BCUT2D eigenvalue weighted by Gasteiger charge is -2.31. The molecule has 0 saturated carbocycles. The van der Waals surface area contributed by atoms with Crippen LogP contribution in [0, 0.1) is 0 Å². The van der Waals surface area contributed by atoms with Gasteiger partial charge < -0.3 is 5.32 Å². The Morgan fingerprint density at radius 2 is 1.89 bits per heavy atom. The van der Waals surface area contributed by atoms with E-state index in [0.29, 0.717) is 6.04 Å². The van der Waals surface area contributed by atoms with Crippen LogP contribution in [-0.2, 0) is 0 Å². The summed E-state index contributed by atoms with van der Waals surface area (Å²) in [6.07, 6.45) is 0. The smallest absolute Gasteiger partial charge is 0.111 e. The molecule has 6 heteroatoms. The highest BCUT2D eigenvalue weighted by atomic mass is 35.5. The Labute approximate surface area is 130 Å². The van der Waals surface area contributed by atoms with Crippen molar-refractivity contribution < 1.29 is 0 Å². The van der Waals surface area contributed by atoms with Gasteiger partial charge in [0, 0.05) is 26.2 Å². The van der Waals surface area contributed by atoms with E-state index in [-0.39, 0.29) is 24.8 Å². The van der Waals surface area contributed by atoms with Gasteiger partial charge in [-0.05, 0) is 19.1 Å². The van der Waals surface area contributed by atoms with Gasteiger partial charge in [-0.1, -0.05) is 12.1 Å². The van der Waals surface area contributed by atoms with Crippen molar-refractivity contribution in [3.63, 3.8) is 0 Å². The topological polar surface area (TPSA) is 28.2 Å². The number of thiazole rings is 1. The molecule has 1 aliphatic rings. The molecular formula is C13H19Cl2N3S. The van der Waals surface area contributed by atoms with Crippen molar-refractivity contribution in [2.45, 2.75) is 13.0 Å². The fourth-order valence-corrected chi connectivity index (χ4v) is 3.35. The molecule has 2 aromatic rings. The van der Waals surface area contributed by atoms with E-state index in [2.05, 4.69) is 41.4 Å². The summed E-state index contributed by atoms with van der Waals surface area (Å²) in [5.74, 6) is 0.